The van der Waals surface area contributed by atoms with Crippen LogP contribution in [0.4, 0.5) is 0 Å². The monoisotopic (exact) mass is 491 g/mol. The van der Waals surface area contributed by atoms with Crippen molar-refractivity contribution in [2.24, 2.45) is 4.99 Å². The lowest BCUT2D eigenvalue weighted by Gasteiger charge is -2.21. The summed E-state index contributed by atoms with van der Waals surface area (Å²) in [7, 11) is -3.15. The van der Waals surface area contributed by atoms with Gasteiger partial charge in [0.05, 0.1) is 24.0 Å². The highest BCUT2D eigenvalue weighted by atomic mass is 127. The van der Waals surface area contributed by atoms with Gasteiger partial charge in [0.25, 0.3) is 0 Å². The van der Waals surface area contributed by atoms with E-state index in [-0.39, 0.29) is 36.6 Å². The Morgan fingerprint density at radius 2 is 2.08 bits per heavy atom. The fourth-order valence-electron chi connectivity index (χ4n) is 2.10. The minimum atomic E-state index is -3.15. The Kier molecular flexibility index (Phi) is 12.2. The molecule has 7 nitrogen and oxygen atoms in total. The number of rotatable bonds is 10. The topological polar surface area (TPSA) is 89.0 Å². The number of hydrogen-bond acceptors (Lipinski definition) is 5. The average Bonchev–Trinajstić information content (AvgIpc) is 3.00. The Labute approximate surface area is 169 Å². The summed E-state index contributed by atoms with van der Waals surface area (Å²) in [4.78, 5) is 4.39. The third kappa shape index (κ3) is 9.95. The van der Waals surface area contributed by atoms with Crippen molar-refractivity contribution in [2.75, 3.05) is 45.7 Å². The van der Waals surface area contributed by atoms with Crippen molar-refractivity contribution >= 4 is 39.8 Å². The van der Waals surface area contributed by atoms with Crippen LogP contribution in [0, 0.1) is 0 Å². The summed E-state index contributed by atoms with van der Waals surface area (Å²) in [6.07, 6.45) is 4.57. The van der Waals surface area contributed by atoms with E-state index in [9.17, 15) is 8.42 Å². The van der Waals surface area contributed by atoms with Crippen LogP contribution >= 0.6 is 24.0 Å². The van der Waals surface area contributed by atoms with Crippen LogP contribution in [-0.2, 0) is 19.3 Å². The highest BCUT2D eigenvalue weighted by molar-refractivity contribution is 14.0. The SMILES string of the molecule is CCNC(=NCC(C)(C)S(C)(=O)=O)NCCCOCC1CCCO1.I. The molecule has 1 rings (SSSR count). The molecule has 0 aromatic heterocycles. The van der Waals surface area contributed by atoms with Gasteiger partial charge >= 0.3 is 0 Å². The molecule has 0 amide bonds. The molecule has 9 heteroatoms. The number of nitrogens with zero attached hydrogens (tertiary/aromatic N) is 1. The number of halogens is 1. The van der Waals surface area contributed by atoms with E-state index in [1.807, 2.05) is 6.92 Å². The zero-order valence-electron chi connectivity index (χ0n) is 15.8. The lowest BCUT2D eigenvalue weighted by atomic mass is 10.2. The third-order valence-electron chi connectivity index (χ3n) is 4.05. The summed E-state index contributed by atoms with van der Waals surface area (Å²) in [5.41, 5.74) is 0. The second kappa shape index (κ2) is 12.3. The number of hydrogen-bond donors (Lipinski definition) is 2. The van der Waals surface area contributed by atoms with E-state index in [0.717, 1.165) is 39.0 Å². The Bertz CT molecular complexity index is 492. The molecule has 0 aromatic carbocycles. The first-order chi connectivity index (χ1) is 11.3. The molecule has 1 saturated heterocycles. The van der Waals surface area contributed by atoms with Gasteiger partial charge < -0.3 is 20.1 Å². The second-order valence-corrected chi connectivity index (χ2v) is 9.37. The fraction of sp³-hybridized carbons (Fsp3) is 0.938. The van der Waals surface area contributed by atoms with Crippen LogP contribution in [0.25, 0.3) is 0 Å². The molecule has 0 aromatic rings. The highest BCUT2D eigenvalue weighted by Gasteiger charge is 2.29. The van der Waals surface area contributed by atoms with E-state index in [0.29, 0.717) is 19.2 Å². The van der Waals surface area contributed by atoms with Crippen LogP contribution in [0.1, 0.15) is 40.0 Å². The van der Waals surface area contributed by atoms with E-state index >= 15 is 0 Å². The van der Waals surface area contributed by atoms with Crippen LogP contribution in [0.2, 0.25) is 0 Å². The molecule has 25 heavy (non-hydrogen) atoms. The van der Waals surface area contributed by atoms with E-state index in [1.165, 1.54) is 6.26 Å². The van der Waals surface area contributed by atoms with Crippen molar-refractivity contribution in [3.05, 3.63) is 0 Å². The molecule has 0 radical (unpaired) electrons. The fourth-order valence-corrected chi connectivity index (χ4v) is 2.40. The Hall–Kier alpha value is -0.130. The van der Waals surface area contributed by atoms with Gasteiger partial charge in [-0.1, -0.05) is 0 Å². The molecule has 0 aliphatic carbocycles. The molecule has 150 valence electrons. The maximum atomic E-state index is 11.7. The van der Waals surface area contributed by atoms with Gasteiger partial charge in [0, 0.05) is 32.6 Å². The predicted molar refractivity (Wildman–Crippen MR) is 113 cm³/mol. The Morgan fingerprint density at radius 3 is 2.64 bits per heavy atom. The molecule has 1 heterocycles. The first kappa shape index (κ1) is 24.9. The zero-order chi connectivity index (χ0) is 18.1. The molecule has 0 bridgehead atoms. The summed E-state index contributed by atoms with van der Waals surface area (Å²) < 4.78 is 33.7. The third-order valence-corrected chi connectivity index (χ3v) is 6.19. The summed E-state index contributed by atoms with van der Waals surface area (Å²) in [6.45, 7) is 9.19. The lowest BCUT2D eigenvalue weighted by molar-refractivity contribution is 0.0168. The molecule has 2 N–H and O–H groups in total. The standard InChI is InChI=1S/C16H33N3O4S.HI/c1-5-17-15(19-13-16(2,3)24(4,20)21)18-9-7-10-22-12-14-8-6-11-23-14;/h14H,5-13H2,1-4H3,(H2,17,18,19);1H. The van der Waals surface area contributed by atoms with E-state index in [1.54, 1.807) is 13.8 Å². The van der Waals surface area contributed by atoms with Crippen molar-refractivity contribution in [3.63, 3.8) is 0 Å². The molecule has 1 aliphatic heterocycles. The van der Waals surface area contributed by atoms with Crippen molar-refractivity contribution in [2.45, 2.75) is 50.9 Å². The Morgan fingerprint density at radius 1 is 1.36 bits per heavy atom. The molecule has 1 atom stereocenters. The van der Waals surface area contributed by atoms with Gasteiger partial charge in [-0.3, -0.25) is 4.99 Å². The van der Waals surface area contributed by atoms with Crippen molar-refractivity contribution in [1.82, 2.24) is 10.6 Å². The number of sulfone groups is 1. The lowest BCUT2D eigenvalue weighted by Crippen LogP contribution is -2.41. The summed E-state index contributed by atoms with van der Waals surface area (Å²) in [5.74, 6) is 0.633. The number of ether oxygens (including phenoxy) is 2. The number of guanidine groups is 1. The highest BCUT2D eigenvalue weighted by Crippen LogP contribution is 2.15. The molecule has 1 unspecified atom stereocenters. The van der Waals surface area contributed by atoms with Crippen molar-refractivity contribution in [3.8, 4) is 0 Å². The quantitative estimate of drug-likeness (QED) is 0.209. The minimum absolute atomic E-state index is 0. The Balaban J connectivity index is 0.00000576. The predicted octanol–water partition coefficient (Wildman–Crippen LogP) is 1.57. The van der Waals surface area contributed by atoms with Gasteiger partial charge in [-0.15, -0.1) is 24.0 Å². The zero-order valence-corrected chi connectivity index (χ0v) is 19.0. The summed E-state index contributed by atoms with van der Waals surface area (Å²) in [5, 5.41) is 6.33. The first-order valence-electron chi connectivity index (χ1n) is 8.67. The van der Waals surface area contributed by atoms with Gasteiger partial charge in [0.2, 0.25) is 0 Å². The van der Waals surface area contributed by atoms with E-state index < -0.39 is 14.6 Å². The van der Waals surface area contributed by atoms with E-state index in [4.69, 9.17) is 9.47 Å². The largest absolute Gasteiger partial charge is 0.379 e. The number of aliphatic imine (C=N–C) groups is 1. The van der Waals surface area contributed by atoms with Crippen LogP contribution in [0.15, 0.2) is 4.99 Å². The van der Waals surface area contributed by atoms with Crippen LogP contribution in [0.3, 0.4) is 0 Å². The summed E-state index contributed by atoms with van der Waals surface area (Å²) >= 11 is 0. The van der Waals surface area contributed by atoms with Gasteiger partial charge in [-0.05, 0) is 40.0 Å². The normalized spacial score (nSPS) is 18.7. The van der Waals surface area contributed by atoms with Crippen LogP contribution < -0.4 is 10.6 Å². The molecular formula is C16H34IN3O4S. The molecule has 0 spiro atoms. The maximum Gasteiger partial charge on any atom is 0.191 e. The van der Waals surface area contributed by atoms with Gasteiger partial charge in [0.15, 0.2) is 15.8 Å². The van der Waals surface area contributed by atoms with Gasteiger partial charge in [-0.25, -0.2) is 8.42 Å². The smallest absolute Gasteiger partial charge is 0.191 e. The molecule has 0 saturated carbocycles. The first-order valence-corrected chi connectivity index (χ1v) is 10.6. The molecule has 1 fully saturated rings. The van der Waals surface area contributed by atoms with Crippen molar-refractivity contribution < 1.29 is 17.9 Å². The van der Waals surface area contributed by atoms with Crippen molar-refractivity contribution in [1.29, 1.82) is 0 Å². The average molecular weight is 491 g/mol. The molecule has 1 aliphatic rings. The summed E-state index contributed by atoms with van der Waals surface area (Å²) in [6, 6.07) is 0. The van der Waals surface area contributed by atoms with Gasteiger partial charge in [0.1, 0.15) is 0 Å². The van der Waals surface area contributed by atoms with Crippen LogP contribution in [0.5, 0.6) is 0 Å². The maximum absolute atomic E-state index is 11.7. The number of nitrogens with one attached hydrogen (secondary N) is 2. The molecular weight excluding hydrogens is 457 g/mol. The van der Waals surface area contributed by atoms with E-state index in [2.05, 4.69) is 15.6 Å². The minimum Gasteiger partial charge on any atom is -0.379 e. The van der Waals surface area contributed by atoms with Gasteiger partial charge in [-0.2, -0.15) is 0 Å². The van der Waals surface area contributed by atoms with Crippen LogP contribution in [-0.4, -0.2) is 70.9 Å². The second-order valence-electron chi connectivity index (χ2n) is 6.72.